The molecule has 5 heteroatoms. The van der Waals surface area contributed by atoms with E-state index in [0.717, 1.165) is 22.2 Å². The van der Waals surface area contributed by atoms with Crippen LogP contribution in [-0.2, 0) is 13.6 Å². The third-order valence-corrected chi connectivity index (χ3v) is 3.30. The molecule has 0 aromatic carbocycles. The topological polar surface area (TPSA) is 43.0 Å². The predicted octanol–water partition coefficient (Wildman–Crippen LogP) is 2.83. The Kier molecular flexibility index (Phi) is 3.54. The zero-order chi connectivity index (χ0) is 12.4. The summed E-state index contributed by atoms with van der Waals surface area (Å²) in [6.07, 6.45) is 1.68. The van der Waals surface area contributed by atoms with E-state index < -0.39 is 0 Å². The molecule has 0 amide bonds. The van der Waals surface area contributed by atoms with Crippen molar-refractivity contribution in [3.63, 3.8) is 0 Å². The number of aryl methyl sites for hydroxylation is 2. The van der Waals surface area contributed by atoms with E-state index in [2.05, 4.69) is 17.3 Å². The van der Waals surface area contributed by atoms with Gasteiger partial charge in [-0.2, -0.15) is 5.10 Å². The second kappa shape index (κ2) is 4.94. The van der Waals surface area contributed by atoms with Gasteiger partial charge in [-0.3, -0.25) is 4.68 Å². The van der Waals surface area contributed by atoms with Crippen LogP contribution < -0.4 is 5.32 Å². The molecule has 92 valence electrons. The van der Waals surface area contributed by atoms with Crippen LogP contribution in [0, 0.1) is 6.92 Å². The van der Waals surface area contributed by atoms with E-state index in [1.807, 2.05) is 26.1 Å². The molecule has 17 heavy (non-hydrogen) atoms. The van der Waals surface area contributed by atoms with Gasteiger partial charge in [-0.15, -0.1) is 0 Å². The van der Waals surface area contributed by atoms with E-state index in [1.165, 1.54) is 0 Å². The molecule has 0 aliphatic heterocycles. The number of furan rings is 1. The quantitative estimate of drug-likeness (QED) is 0.911. The second-order valence-electron chi connectivity index (χ2n) is 4.09. The Labute approximate surface area is 106 Å². The van der Waals surface area contributed by atoms with E-state index in [0.29, 0.717) is 6.54 Å². The van der Waals surface area contributed by atoms with Gasteiger partial charge in [0.15, 0.2) is 0 Å². The Balaban J connectivity index is 2.03. The molecular formula is C12H16ClN3O. The molecule has 2 aromatic heterocycles. The second-order valence-corrected chi connectivity index (χ2v) is 4.47. The molecule has 0 saturated heterocycles. The number of aromatic nitrogens is 2. The summed E-state index contributed by atoms with van der Waals surface area (Å²) in [5.41, 5.74) is 1.85. The van der Waals surface area contributed by atoms with Crippen LogP contribution in [0.3, 0.4) is 0 Å². The smallest absolute Gasteiger partial charge is 0.120 e. The third-order valence-electron chi connectivity index (χ3n) is 2.81. The van der Waals surface area contributed by atoms with E-state index in [1.54, 1.807) is 10.9 Å². The van der Waals surface area contributed by atoms with Crippen molar-refractivity contribution in [1.29, 1.82) is 0 Å². The number of rotatable bonds is 4. The lowest BCUT2D eigenvalue weighted by Gasteiger charge is -2.11. The Morgan fingerprint density at radius 2 is 2.35 bits per heavy atom. The molecule has 0 spiro atoms. The molecule has 0 bridgehead atoms. The molecule has 0 fully saturated rings. The first-order valence-corrected chi connectivity index (χ1v) is 5.92. The van der Waals surface area contributed by atoms with Crippen LogP contribution in [0.5, 0.6) is 0 Å². The first-order chi connectivity index (χ1) is 8.09. The summed E-state index contributed by atoms with van der Waals surface area (Å²) in [6.45, 7) is 4.62. The van der Waals surface area contributed by atoms with Gasteiger partial charge in [-0.1, -0.05) is 11.6 Å². The SMILES string of the molecule is Cc1nn(C)c(CNC(C)c2ccco2)c1Cl. The minimum absolute atomic E-state index is 0.149. The molecule has 0 aliphatic rings. The average Bonchev–Trinajstić information content (AvgIpc) is 2.88. The molecular weight excluding hydrogens is 238 g/mol. The van der Waals surface area contributed by atoms with Gasteiger partial charge in [-0.05, 0) is 26.0 Å². The molecule has 2 heterocycles. The number of nitrogens with one attached hydrogen (secondary N) is 1. The van der Waals surface area contributed by atoms with Crippen molar-refractivity contribution in [2.75, 3.05) is 0 Å². The van der Waals surface area contributed by atoms with Crippen molar-refractivity contribution < 1.29 is 4.42 Å². The van der Waals surface area contributed by atoms with Crippen LogP contribution in [0.4, 0.5) is 0 Å². The van der Waals surface area contributed by atoms with Crippen molar-refractivity contribution in [2.45, 2.75) is 26.4 Å². The number of nitrogens with zero attached hydrogens (tertiary/aromatic N) is 2. The van der Waals surface area contributed by atoms with Gasteiger partial charge in [0.25, 0.3) is 0 Å². The van der Waals surface area contributed by atoms with Crippen LogP contribution in [-0.4, -0.2) is 9.78 Å². The monoisotopic (exact) mass is 253 g/mol. The number of hydrogen-bond acceptors (Lipinski definition) is 3. The van der Waals surface area contributed by atoms with Crippen molar-refractivity contribution in [1.82, 2.24) is 15.1 Å². The molecule has 2 rings (SSSR count). The summed E-state index contributed by atoms with van der Waals surface area (Å²) in [5.74, 6) is 0.917. The van der Waals surface area contributed by atoms with Crippen LogP contribution in [0.1, 0.15) is 30.1 Å². The van der Waals surface area contributed by atoms with Crippen LogP contribution in [0.2, 0.25) is 5.02 Å². The van der Waals surface area contributed by atoms with Crippen LogP contribution in [0.25, 0.3) is 0 Å². The fraction of sp³-hybridized carbons (Fsp3) is 0.417. The van der Waals surface area contributed by atoms with Crippen LogP contribution >= 0.6 is 11.6 Å². The summed E-state index contributed by atoms with van der Waals surface area (Å²) in [7, 11) is 1.90. The van der Waals surface area contributed by atoms with E-state index in [4.69, 9.17) is 16.0 Å². The highest BCUT2D eigenvalue weighted by Crippen LogP contribution is 2.20. The van der Waals surface area contributed by atoms with Crippen molar-refractivity contribution in [3.8, 4) is 0 Å². The molecule has 1 unspecified atom stereocenters. The number of hydrogen-bond donors (Lipinski definition) is 1. The lowest BCUT2D eigenvalue weighted by molar-refractivity contribution is 0.426. The van der Waals surface area contributed by atoms with Gasteiger partial charge in [0, 0.05) is 13.6 Å². The zero-order valence-corrected chi connectivity index (χ0v) is 11.0. The summed E-state index contributed by atoms with van der Waals surface area (Å²) >= 11 is 6.18. The van der Waals surface area contributed by atoms with E-state index in [-0.39, 0.29) is 6.04 Å². The Bertz CT molecular complexity index is 490. The predicted molar refractivity (Wildman–Crippen MR) is 66.9 cm³/mol. The Morgan fingerprint density at radius 3 is 2.88 bits per heavy atom. The average molecular weight is 254 g/mol. The normalized spacial score (nSPS) is 12.9. The maximum Gasteiger partial charge on any atom is 0.120 e. The fourth-order valence-electron chi connectivity index (χ4n) is 1.76. The highest BCUT2D eigenvalue weighted by Gasteiger charge is 2.13. The maximum atomic E-state index is 6.18. The van der Waals surface area contributed by atoms with Crippen molar-refractivity contribution in [2.24, 2.45) is 7.05 Å². The van der Waals surface area contributed by atoms with Gasteiger partial charge < -0.3 is 9.73 Å². The van der Waals surface area contributed by atoms with Gasteiger partial charge in [0.1, 0.15) is 5.76 Å². The van der Waals surface area contributed by atoms with Gasteiger partial charge in [0.2, 0.25) is 0 Å². The summed E-state index contributed by atoms with van der Waals surface area (Å²) in [5, 5.41) is 8.36. The lowest BCUT2D eigenvalue weighted by Crippen LogP contribution is -2.19. The first kappa shape index (κ1) is 12.2. The van der Waals surface area contributed by atoms with Gasteiger partial charge in [-0.25, -0.2) is 0 Å². The molecule has 0 radical (unpaired) electrons. The highest BCUT2D eigenvalue weighted by atomic mass is 35.5. The van der Waals surface area contributed by atoms with Crippen molar-refractivity contribution in [3.05, 3.63) is 40.6 Å². The Hall–Kier alpha value is -1.26. The standard InChI is InChI=1S/C12H16ClN3O/c1-8(11-5-4-6-17-11)14-7-10-12(13)9(2)15-16(10)3/h4-6,8,14H,7H2,1-3H3. The zero-order valence-electron chi connectivity index (χ0n) is 10.2. The molecule has 2 aromatic rings. The lowest BCUT2D eigenvalue weighted by atomic mass is 10.2. The largest absolute Gasteiger partial charge is 0.468 e. The molecule has 1 N–H and O–H groups in total. The maximum absolute atomic E-state index is 6.18. The third kappa shape index (κ3) is 2.53. The molecule has 0 aliphatic carbocycles. The summed E-state index contributed by atoms with van der Waals surface area (Å²) in [4.78, 5) is 0. The van der Waals surface area contributed by atoms with Gasteiger partial charge in [0.05, 0.1) is 28.7 Å². The molecule has 0 saturated carbocycles. The molecule has 4 nitrogen and oxygen atoms in total. The fourth-order valence-corrected chi connectivity index (χ4v) is 1.99. The van der Waals surface area contributed by atoms with E-state index in [9.17, 15) is 0 Å². The number of halogens is 1. The van der Waals surface area contributed by atoms with Gasteiger partial charge >= 0.3 is 0 Å². The minimum Gasteiger partial charge on any atom is -0.468 e. The molecule has 1 atom stereocenters. The highest BCUT2D eigenvalue weighted by molar-refractivity contribution is 6.31. The van der Waals surface area contributed by atoms with Crippen molar-refractivity contribution >= 4 is 11.6 Å². The van der Waals surface area contributed by atoms with E-state index >= 15 is 0 Å². The summed E-state index contributed by atoms with van der Waals surface area (Å²) < 4.78 is 7.14. The summed E-state index contributed by atoms with van der Waals surface area (Å²) in [6, 6.07) is 3.99. The first-order valence-electron chi connectivity index (χ1n) is 5.54. The minimum atomic E-state index is 0.149. The van der Waals surface area contributed by atoms with Crippen LogP contribution in [0.15, 0.2) is 22.8 Å². The Morgan fingerprint density at radius 1 is 1.59 bits per heavy atom.